The molecular formula is C12H11N3. The molecule has 0 aliphatic carbocycles. The van der Waals surface area contributed by atoms with E-state index in [0.29, 0.717) is 0 Å². The summed E-state index contributed by atoms with van der Waals surface area (Å²) in [5.74, 6) is 0. The highest BCUT2D eigenvalue weighted by Crippen LogP contribution is 2.27. The molecule has 3 rings (SSSR count). The molecule has 2 heterocycles. The number of fused-ring (bicyclic) bond motifs is 3. The fourth-order valence-corrected chi connectivity index (χ4v) is 2.04. The summed E-state index contributed by atoms with van der Waals surface area (Å²) in [4.78, 5) is 4.37. The quantitative estimate of drug-likeness (QED) is 0.562. The smallest absolute Gasteiger partial charge is 0.140 e. The molecule has 0 amide bonds. The van der Waals surface area contributed by atoms with Crippen LogP contribution in [0, 0.1) is 0 Å². The van der Waals surface area contributed by atoms with Crippen LogP contribution in [-0.4, -0.2) is 9.55 Å². The van der Waals surface area contributed by atoms with Gasteiger partial charge < -0.3 is 10.3 Å². The molecule has 0 bridgehead atoms. The number of aryl methyl sites for hydroxylation is 1. The topological polar surface area (TPSA) is 43.8 Å². The van der Waals surface area contributed by atoms with Crippen LogP contribution in [0.2, 0.25) is 0 Å². The van der Waals surface area contributed by atoms with Crippen molar-refractivity contribution in [2.24, 2.45) is 7.05 Å². The second kappa shape index (κ2) is 2.73. The molecule has 3 heteroatoms. The maximum atomic E-state index is 5.78. The number of aromatic nitrogens is 2. The number of rotatable bonds is 0. The molecule has 0 atom stereocenters. The van der Waals surface area contributed by atoms with Gasteiger partial charge in [-0.3, -0.25) is 0 Å². The van der Waals surface area contributed by atoms with Crippen LogP contribution in [0.3, 0.4) is 0 Å². The van der Waals surface area contributed by atoms with E-state index in [1.54, 1.807) is 0 Å². The molecule has 0 aliphatic heterocycles. The van der Waals surface area contributed by atoms with Crippen LogP contribution >= 0.6 is 0 Å². The van der Waals surface area contributed by atoms with Crippen molar-refractivity contribution in [3.63, 3.8) is 0 Å². The standard InChI is InChI=1S/C12H11N3/c1-15-11-7-8(13)4-5-9(11)10-3-2-6-14-12(10)15/h2-7H,13H2,1H3. The van der Waals surface area contributed by atoms with Gasteiger partial charge >= 0.3 is 0 Å². The number of nitrogens with two attached hydrogens (primary N) is 1. The zero-order chi connectivity index (χ0) is 10.4. The highest BCUT2D eigenvalue weighted by Gasteiger charge is 2.07. The van der Waals surface area contributed by atoms with E-state index in [9.17, 15) is 0 Å². The summed E-state index contributed by atoms with van der Waals surface area (Å²) in [6.45, 7) is 0. The first-order chi connectivity index (χ1) is 7.27. The van der Waals surface area contributed by atoms with Crippen LogP contribution in [0.4, 0.5) is 5.69 Å². The molecule has 3 nitrogen and oxygen atoms in total. The zero-order valence-corrected chi connectivity index (χ0v) is 8.44. The van der Waals surface area contributed by atoms with E-state index in [1.807, 2.05) is 31.4 Å². The summed E-state index contributed by atoms with van der Waals surface area (Å²) in [6.07, 6.45) is 1.81. The number of nitrogens with zero attached hydrogens (tertiary/aromatic N) is 2. The average Bonchev–Trinajstić information content (AvgIpc) is 2.54. The van der Waals surface area contributed by atoms with Crippen molar-refractivity contribution in [1.82, 2.24) is 9.55 Å². The molecule has 0 spiro atoms. The zero-order valence-electron chi connectivity index (χ0n) is 8.44. The van der Waals surface area contributed by atoms with E-state index in [4.69, 9.17) is 5.73 Å². The van der Waals surface area contributed by atoms with Crippen molar-refractivity contribution < 1.29 is 0 Å². The van der Waals surface area contributed by atoms with Crippen LogP contribution in [0.5, 0.6) is 0 Å². The number of hydrogen-bond donors (Lipinski definition) is 1. The van der Waals surface area contributed by atoms with Gasteiger partial charge in [-0.1, -0.05) is 6.07 Å². The Kier molecular flexibility index (Phi) is 1.51. The number of anilines is 1. The van der Waals surface area contributed by atoms with E-state index in [1.165, 1.54) is 10.8 Å². The molecule has 15 heavy (non-hydrogen) atoms. The van der Waals surface area contributed by atoms with Gasteiger partial charge in [0.2, 0.25) is 0 Å². The molecule has 1 aromatic carbocycles. The third-order valence-corrected chi connectivity index (χ3v) is 2.78. The summed E-state index contributed by atoms with van der Waals surface area (Å²) in [7, 11) is 2.01. The third-order valence-electron chi connectivity index (χ3n) is 2.78. The van der Waals surface area contributed by atoms with Crippen LogP contribution in [0.1, 0.15) is 0 Å². The van der Waals surface area contributed by atoms with E-state index >= 15 is 0 Å². The predicted molar refractivity (Wildman–Crippen MR) is 62.6 cm³/mol. The highest BCUT2D eigenvalue weighted by atomic mass is 15.0. The molecule has 0 fully saturated rings. The SMILES string of the molecule is Cn1c2cc(N)ccc2c2cccnc21. The molecule has 0 radical (unpaired) electrons. The maximum absolute atomic E-state index is 5.78. The highest BCUT2D eigenvalue weighted by molar-refractivity contribution is 6.07. The van der Waals surface area contributed by atoms with Gasteiger partial charge in [0.05, 0.1) is 5.52 Å². The molecule has 3 aromatic rings. The molecule has 0 saturated carbocycles. The number of nitrogen functional groups attached to an aromatic ring is 1. The van der Waals surface area contributed by atoms with E-state index in [0.717, 1.165) is 16.9 Å². The van der Waals surface area contributed by atoms with Crippen molar-refractivity contribution in [2.45, 2.75) is 0 Å². The Bertz CT molecular complexity index is 652. The Balaban J connectivity index is 2.63. The maximum Gasteiger partial charge on any atom is 0.140 e. The van der Waals surface area contributed by atoms with Crippen molar-refractivity contribution in [2.75, 3.05) is 5.73 Å². The third kappa shape index (κ3) is 1.03. The van der Waals surface area contributed by atoms with Gasteiger partial charge in [-0.15, -0.1) is 0 Å². The first kappa shape index (κ1) is 8.29. The minimum Gasteiger partial charge on any atom is -0.399 e. The first-order valence-corrected chi connectivity index (χ1v) is 4.86. The molecule has 0 aliphatic rings. The predicted octanol–water partition coefficient (Wildman–Crippen LogP) is 2.31. The van der Waals surface area contributed by atoms with Crippen LogP contribution in [-0.2, 0) is 7.05 Å². The number of pyridine rings is 1. The molecular weight excluding hydrogens is 186 g/mol. The van der Waals surface area contributed by atoms with E-state index in [2.05, 4.69) is 21.7 Å². The Morgan fingerprint density at radius 3 is 2.93 bits per heavy atom. The van der Waals surface area contributed by atoms with Crippen molar-refractivity contribution in [3.8, 4) is 0 Å². The van der Waals surface area contributed by atoms with Gasteiger partial charge in [-0.2, -0.15) is 0 Å². The summed E-state index contributed by atoms with van der Waals surface area (Å²) >= 11 is 0. The van der Waals surface area contributed by atoms with Crippen LogP contribution in [0.15, 0.2) is 36.5 Å². The second-order valence-electron chi connectivity index (χ2n) is 3.71. The summed E-state index contributed by atoms with van der Waals surface area (Å²) in [6, 6.07) is 10.00. The van der Waals surface area contributed by atoms with Crippen molar-refractivity contribution in [1.29, 1.82) is 0 Å². The number of benzene rings is 1. The van der Waals surface area contributed by atoms with Gasteiger partial charge in [-0.25, -0.2) is 4.98 Å². The Hall–Kier alpha value is -2.03. The minimum atomic E-state index is 0.786. The van der Waals surface area contributed by atoms with Gasteiger partial charge in [0.15, 0.2) is 0 Å². The number of hydrogen-bond acceptors (Lipinski definition) is 2. The first-order valence-electron chi connectivity index (χ1n) is 4.86. The van der Waals surface area contributed by atoms with Crippen LogP contribution in [0.25, 0.3) is 21.9 Å². The average molecular weight is 197 g/mol. The fourth-order valence-electron chi connectivity index (χ4n) is 2.04. The van der Waals surface area contributed by atoms with Gasteiger partial charge in [-0.05, 0) is 24.3 Å². The summed E-state index contributed by atoms with van der Waals surface area (Å²) < 4.78 is 2.07. The fraction of sp³-hybridized carbons (Fsp3) is 0.0833. The molecule has 2 N–H and O–H groups in total. The van der Waals surface area contributed by atoms with Gasteiger partial charge in [0, 0.05) is 29.7 Å². The minimum absolute atomic E-state index is 0.786. The Morgan fingerprint density at radius 2 is 2.07 bits per heavy atom. The molecule has 0 unspecified atom stereocenters. The van der Waals surface area contributed by atoms with Crippen molar-refractivity contribution in [3.05, 3.63) is 36.5 Å². The molecule has 2 aromatic heterocycles. The monoisotopic (exact) mass is 197 g/mol. The van der Waals surface area contributed by atoms with Crippen LogP contribution < -0.4 is 5.73 Å². The lowest BCUT2D eigenvalue weighted by atomic mass is 10.2. The lowest BCUT2D eigenvalue weighted by molar-refractivity contribution is 0.990. The second-order valence-corrected chi connectivity index (χ2v) is 3.71. The normalized spacial score (nSPS) is 11.3. The van der Waals surface area contributed by atoms with E-state index in [-0.39, 0.29) is 0 Å². The largest absolute Gasteiger partial charge is 0.399 e. The van der Waals surface area contributed by atoms with Crippen molar-refractivity contribution >= 4 is 27.6 Å². The molecule has 74 valence electrons. The van der Waals surface area contributed by atoms with Gasteiger partial charge in [0.1, 0.15) is 5.65 Å². The van der Waals surface area contributed by atoms with E-state index < -0.39 is 0 Å². The summed E-state index contributed by atoms with van der Waals surface area (Å²) in [5, 5.41) is 2.38. The molecule has 0 saturated heterocycles. The van der Waals surface area contributed by atoms with Gasteiger partial charge in [0.25, 0.3) is 0 Å². The lowest BCUT2D eigenvalue weighted by Gasteiger charge is -1.97. The summed E-state index contributed by atoms with van der Waals surface area (Å²) in [5.41, 5.74) is 8.69. The Morgan fingerprint density at radius 1 is 1.20 bits per heavy atom. The Labute approximate surface area is 87.1 Å². The lowest BCUT2D eigenvalue weighted by Crippen LogP contribution is -1.90.